The standard InChI is InChI=1S/C24H30N4O.C23H28N4O.C21H29ClN4O/c1-23(2)14-18(15-24(3,4)27-23)28(5)22-11-10-20(25-26-22)19-12-16-8-6-7-9-17(16)13-21(19)29;1-22(2)13-17(14-23(3,4)27-22)24-21-10-9-19(25-26-21)18-11-15-7-5-6-8-16(15)12-20(18)28;1-20(2)12-15(13-21(3,4)26(20)6)25(5)19-10-9-17(23-24-19)16-8-7-14(22)11-18(16)27/h6-13,18,27,29H,14-15H2,1-5H3;5-12,17,27-28H,13-14H2,1-4H3,(H,24,26);7-11,15,27H,12-13H2,1-6H3. The van der Waals surface area contributed by atoms with Crippen molar-refractivity contribution in [3.05, 3.63) is 132 Å². The molecule has 444 valence electrons. The van der Waals surface area contributed by atoms with Crippen molar-refractivity contribution in [2.75, 3.05) is 36.3 Å². The Kier molecular flexibility index (Phi) is 17.3. The van der Waals surface area contributed by atoms with Crippen LogP contribution >= 0.6 is 11.6 Å². The van der Waals surface area contributed by atoms with Crippen molar-refractivity contribution < 1.29 is 15.3 Å². The van der Waals surface area contributed by atoms with Gasteiger partial charge in [-0.15, -0.1) is 30.6 Å². The molecule has 0 atom stereocenters. The number of fused-ring (bicyclic) bond motifs is 2. The molecule has 6 N–H and O–H groups in total. The van der Waals surface area contributed by atoms with Crippen LogP contribution < -0.4 is 25.8 Å². The number of aromatic hydroxyl groups is 3. The van der Waals surface area contributed by atoms with Crippen molar-refractivity contribution in [3.8, 4) is 51.0 Å². The molecule has 0 spiro atoms. The Hall–Kier alpha value is -7.17. The molecule has 3 aromatic heterocycles. The van der Waals surface area contributed by atoms with Gasteiger partial charge >= 0.3 is 0 Å². The molecule has 3 aliphatic rings. The summed E-state index contributed by atoms with van der Waals surface area (Å²) in [6.07, 6.45) is 6.25. The van der Waals surface area contributed by atoms with E-state index in [9.17, 15) is 15.3 Å². The molecule has 0 amide bonds. The third-order valence-corrected chi connectivity index (χ3v) is 17.5. The predicted octanol–water partition coefficient (Wildman–Crippen LogP) is 14.1. The molecule has 0 aliphatic carbocycles. The number of hydrogen-bond acceptors (Lipinski definition) is 15. The fraction of sp³-hybridized carbons (Fsp3) is 0.441. The quantitative estimate of drug-likeness (QED) is 0.0802. The summed E-state index contributed by atoms with van der Waals surface area (Å²) in [5.74, 6) is 3.01. The van der Waals surface area contributed by atoms with Gasteiger partial charge in [0.1, 0.15) is 23.1 Å². The molecule has 11 rings (SSSR count). The van der Waals surface area contributed by atoms with Crippen LogP contribution in [0.1, 0.15) is 122 Å². The largest absolute Gasteiger partial charge is 0.507 e. The van der Waals surface area contributed by atoms with Gasteiger partial charge in [-0.3, -0.25) is 4.90 Å². The first kappa shape index (κ1) is 61.4. The Morgan fingerprint density at radius 3 is 1.24 bits per heavy atom. The Labute approximate surface area is 502 Å². The van der Waals surface area contributed by atoms with Crippen molar-refractivity contribution in [2.24, 2.45) is 0 Å². The Balaban J connectivity index is 0.000000151. The molecule has 6 heterocycles. The highest BCUT2D eigenvalue weighted by atomic mass is 35.5. The predicted molar refractivity (Wildman–Crippen MR) is 345 cm³/mol. The minimum absolute atomic E-state index is 0.0731. The summed E-state index contributed by atoms with van der Waals surface area (Å²) in [5.41, 5.74) is 4.52. The van der Waals surface area contributed by atoms with Gasteiger partial charge in [0.05, 0.1) is 17.1 Å². The zero-order chi connectivity index (χ0) is 60.7. The van der Waals surface area contributed by atoms with E-state index in [1.54, 1.807) is 24.3 Å². The van der Waals surface area contributed by atoms with Gasteiger partial charge in [0.25, 0.3) is 0 Å². The van der Waals surface area contributed by atoms with Crippen LogP contribution in [0, 0.1) is 0 Å². The second-order valence-corrected chi connectivity index (χ2v) is 28.0. The topological polar surface area (TPSA) is 184 Å². The monoisotopic (exact) mass is 1150 g/mol. The van der Waals surface area contributed by atoms with E-state index in [-0.39, 0.29) is 50.5 Å². The maximum atomic E-state index is 10.5. The van der Waals surface area contributed by atoms with E-state index in [1.807, 2.05) is 97.1 Å². The van der Waals surface area contributed by atoms with Crippen LogP contribution in [0.5, 0.6) is 17.2 Å². The number of nitrogens with zero attached hydrogens (tertiary/aromatic N) is 9. The Morgan fingerprint density at radius 1 is 0.452 bits per heavy atom. The summed E-state index contributed by atoms with van der Waals surface area (Å²) in [6, 6.07) is 41.2. The number of hydrogen-bond donors (Lipinski definition) is 6. The summed E-state index contributed by atoms with van der Waals surface area (Å²) < 4.78 is 0. The van der Waals surface area contributed by atoms with Gasteiger partial charge in [-0.05, 0) is 229 Å². The van der Waals surface area contributed by atoms with Crippen molar-refractivity contribution in [2.45, 2.75) is 173 Å². The maximum absolute atomic E-state index is 10.5. The van der Waals surface area contributed by atoms with Gasteiger partial charge in [0, 0.05) is 87.2 Å². The van der Waals surface area contributed by atoms with E-state index in [0.717, 1.165) is 77.5 Å². The van der Waals surface area contributed by atoms with Gasteiger partial charge in [0.15, 0.2) is 11.6 Å². The van der Waals surface area contributed by atoms with Gasteiger partial charge < -0.3 is 41.1 Å². The van der Waals surface area contributed by atoms with Crippen molar-refractivity contribution in [1.29, 1.82) is 0 Å². The number of anilines is 3. The van der Waals surface area contributed by atoms with Crippen molar-refractivity contribution in [1.82, 2.24) is 46.1 Å². The van der Waals surface area contributed by atoms with E-state index in [0.29, 0.717) is 56.9 Å². The third-order valence-electron chi connectivity index (χ3n) is 17.3. The molecule has 0 bridgehead atoms. The Bertz CT molecular complexity index is 3540. The van der Waals surface area contributed by atoms with E-state index in [2.05, 4.69) is 165 Å². The molecule has 15 nitrogen and oxygen atoms in total. The van der Waals surface area contributed by atoms with E-state index < -0.39 is 0 Å². The lowest BCUT2D eigenvalue weighted by Gasteiger charge is -2.55. The van der Waals surface area contributed by atoms with E-state index >= 15 is 0 Å². The van der Waals surface area contributed by atoms with E-state index in [1.165, 1.54) is 6.07 Å². The maximum Gasteiger partial charge on any atom is 0.151 e. The smallest absolute Gasteiger partial charge is 0.151 e. The molecule has 16 heteroatoms. The molecular weight excluding hydrogens is 1070 g/mol. The number of aromatic nitrogens is 6. The lowest BCUT2D eigenvalue weighted by molar-refractivity contribution is -0.0120. The molecule has 3 aliphatic heterocycles. The molecule has 3 saturated heterocycles. The number of nitrogens with one attached hydrogen (secondary N) is 3. The SMILES string of the molecule is CC1(C)CC(Nc2ccc(-c3cc4ccccc4cc3O)nn2)CC(C)(C)N1.CN(c1ccc(-c2cc3ccccc3cc2O)nn1)C1CC(C)(C)NC(C)(C)C1.CN(c1ccc(-c2ccc(Cl)cc2O)nn1)C1CC(C)(C)N(C)C(C)(C)C1. The summed E-state index contributed by atoms with van der Waals surface area (Å²) in [7, 11) is 6.40. The first-order chi connectivity index (χ1) is 39.4. The summed E-state index contributed by atoms with van der Waals surface area (Å²) in [4.78, 5) is 6.94. The Morgan fingerprint density at radius 2 is 0.833 bits per heavy atom. The van der Waals surface area contributed by atoms with E-state index in [4.69, 9.17) is 11.6 Å². The van der Waals surface area contributed by atoms with Crippen LogP contribution in [-0.2, 0) is 0 Å². The highest BCUT2D eigenvalue weighted by Crippen LogP contribution is 2.41. The molecule has 3 fully saturated rings. The van der Waals surface area contributed by atoms with Crippen LogP contribution in [0.25, 0.3) is 55.3 Å². The van der Waals surface area contributed by atoms with Crippen LogP contribution in [0.3, 0.4) is 0 Å². The number of piperidine rings is 3. The number of halogens is 1. The molecule has 0 saturated carbocycles. The number of phenolic OH excluding ortho intramolecular Hbond substituents is 3. The summed E-state index contributed by atoms with van der Waals surface area (Å²) in [6.45, 7) is 27.2. The van der Waals surface area contributed by atoms with Gasteiger partial charge in [-0.25, -0.2) is 0 Å². The zero-order valence-corrected chi connectivity index (χ0v) is 52.6. The lowest BCUT2D eigenvalue weighted by Crippen LogP contribution is -2.62. The van der Waals surface area contributed by atoms with Crippen LogP contribution in [0.4, 0.5) is 17.5 Å². The fourth-order valence-electron chi connectivity index (χ4n) is 13.6. The number of rotatable bonds is 9. The summed E-state index contributed by atoms with van der Waals surface area (Å²) in [5, 5.41) is 73.0. The number of likely N-dealkylation sites (tertiary alicyclic amines) is 1. The van der Waals surface area contributed by atoms with Gasteiger partial charge in [-0.1, -0.05) is 60.1 Å². The molecule has 84 heavy (non-hydrogen) atoms. The molecular formula is C68H87ClN12O3. The lowest BCUT2D eigenvalue weighted by atomic mass is 9.77. The fourth-order valence-corrected chi connectivity index (χ4v) is 13.8. The second-order valence-electron chi connectivity index (χ2n) is 27.5. The molecule has 5 aromatic carbocycles. The second kappa shape index (κ2) is 23.7. The number of benzene rings is 5. The summed E-state index contributed by atoms with van der Waals surface area (Å²) >= 11 is 5.91. The minimum Gasteiger partial charge on any atom is -0.507 e. The van der Waals surface area contributed by atoms with Crippen LogP contribution in [-0.4, -0.2) is 123 Å². The highest BCUT2D eigenvalue weighted by molar-refractivity contribution is 6.30. The molecule has 0 radical (unpaired) electrons. The zero-order valence-electron chi connectivity index (χ0n) is 51.8. The molecule has 8 aromatic rings. The average molecular weight is 1160 g/mol. The number of phenols is 3. The normalized spacial score (nSPS) is 19.1. The van der Waals surface area contributed by atoms with Crippen LogP contribution in [0.2, 0.25) is 5.02 Å². The molecule has 0 unspecified atom stereocenters. The van der Waals surface area contributed by atoms with Gasteiger partial charge in [0.2, 0.25) is 0 Å². The minimum atomic E-state index is 0.0731. The first-order valence-corrected chi connectivity index (χ1v) is 29.7. The first-order valence-electron chi connectivity index (χ1n) is 29.3. The van der Waals surface area contributed by atoms with Crippen molar-refractivity contribution in [3.63, 3.8) is 0 Å². The van der Waals surface area contributed by atoms with Crippen molar-refractivity contribution >= 4 is 50.6 Å². The average Bonchev–Trinajstić information content (AvgIpc) is 1.99. The van der Waals surface area contributed by atoms with Gasteiger partial charge in [-0.2, -0.15) is 0 Å². The highest BCUT2D eigenvalue weighted by Gasteiger charge is 2.45. The third kappa shape index (κ3) is 14.5. The van der Waals surface area contributed by atoms with Crippen LogP contribution in [0.15, 0.2) is 127 Å².